The average Bonchev–Trinajstić information content (AvgIpc) is 2.50. The molecular formula is C17H20BrNO2. The van der Waals surface area contributed by atoms with Crippen LogP contribution in [0.1, 0.15) is 12.5 Å². The molecule has 0 saturated heterocycles. The summed E-state index contributed by atoms with van der Waals surface area (Å²) < 4.78 is 6.20. The minimum Gasteiger partial charge on any atom is -0.497 e. The lowest BCUT2D eigenvalue weighted by Gasteiger charge is -2.30. The molecule has 4 heteroatoms. The fraction of sp³-hybridized carbons (Fsp3) is 0.294. The highest BCUT2D eigenvalue weighted by Crippen LogP contribution is 2.22. The predicted molar refractivity (Wildman–Crippen MR) is 90.0 cm³/mol. The first-order valence-corrected chi connectivity index (χ1v) is 7.61. The van der Waals surface area contributed by atoms with Crippen LogP contribution in [0.3, 0.4) is 0 Å². The van der Waals surface area contributed by atoms with Crippen molar-refractivity contribution in [1.82, 2.24) is 0 Å². The quantitative estimate of drug-likeness (QED) is 0.831. The van der Waals surface area contributed by atoms with Crippen LogP contribution in [0.4, 0.5) is 5.69 Å². The molecule has 0 aliphatic carbocycles. The van der Waals surface area contributed by atoms with Gasteiger partial charge in [-0.1, -0.05) is 28.1 Å². The van der Waals surface area contributed by atoms with Gasteiger partial charge in [-0.2, -0.15) is 0 Å². The Bertz CT molecular complexity index is 568. The molecule has 2 rings (SSSR count). The Hall–Kier alpha value is -1.52. The molecule has 0 aliphatic heterocycles. The molecule has 0 aromatic heterocycles. The van der Waals surface area contributed by atoms with Gasteiger partial charge in [-0.05, 0) is 55.3 Å². The largest absolute Gasteiger partial charge is 0.497 e. The molecule has 112 valence electrons. The number of aliphatic hydroxyl groups excluding tert-OH is 1. The zero-order valence-corrected chi connectivity index (χ0v) is 13.9. The van der Waals surface area contributed by atoms with Gasteiger partial charge in [0.1, 0.15) is 5.75 Å². The van der Waals surface area contributed by atoms with E-state index in [0.717, 1.165) is 27.9 Å². The summed E-state index contributed by atoms with van der Waals surface area (Å²) in [4.78, 5) is 0. The van der Waals surface area contributed by atoms with Gasteiger partial charge < -0.3 is 15.2 Å². The Morgan fingerprint density at radius 3 is 2.24 bits per heavy atom. The van der Waals surface area contributed by atoms with Gasteiger partial charge in [0, 0.05) is 10.2 Å². The van der Waals surface area contributed by atoms with Gasteiger partial charge in [0.2, 0.25) is 0 Å². The van der Waals surface area contributed by atoms with E-state index >= 15 is 0 Å². The lowest BCUT2D eigenvalue weighted by Crippen LogP contribution is -2.41. The molecule has 2 aromatic carbocycles. The molecule has 0 saturated carbocycles. The number of ether oxygens (including phenoxy) is 1. The van der Waals surface area contributed by atoms with Crippen LogP contribution in [-0.4, -0.2) is 24.4 Å². The molecule has 3 nitrogen and oxygen atoms in total. The standard InChI is InChI=1S/C17H20BrNO2/c1-17(12-20,19-15-7-5-14(18)6-8-15)11-13-3-9-16(21-2)10-4-13/h3-10,19-20H,11-12H2,1-2H3. The third-order valence-electron chi connectivity index (χ3n) is 3.39. The fourth-order valence-electron chi connectivity index (χ4n) is 2.22. The molecule has 0 fully saturated rings. The molecule has 0 radical (unpaired) electrons. The highest BCUT2D eigenvalue weighted by Gasteiger charge is 2.23. The van der Waals surface area contributed by atoms with Gasteiger partial charge in [-0.3, -0.25) is 0 Å². The van der Waals surface area contributed by atoms with Crippen molar-refractivity contribution in [3.8, 4) is 5.75 Å². The molecule has 0 spiro atoms. The number of benzene rings is 2. The van der Waals surface area contributed by atoms with Gasteiger partial charge in [-0.15, -0.1) is 0 Å². The zero-order valence-electron chi connectivity index (χ0n) is 12.3. The number of methoxy groups -OCH3 is 1. The van der Waals surface area contributed by atoms with Gasteiger partial charge in [0.05, 0.1) is 19.3 Å². The highest BCUT2D eigenvalue weighted by molar-refractivity contribution is 9.10. The van der Waals surface area contributed by atoms with Gasteiger partial charge in [0.15, 0.2) is 0 Å². The number of anilines is 1. The van der Waals surface area contributed by atoms with Crippen LogP contribution in [-0.2, 0) is 6.42 Å². The van der Waals surface area contributed by atoms with Crippen molar-refractivity contribution in [3.63, 3.8) is 0 Å². The normalized spacial score (nSPS) is 13.5. The summed E-state index contributed by atoms with van der Waals surface area (Å²) in [6, 6.07) is 15.9. The molecule has 2 aromatic rings. The molecule has 0 aliphatic rings. The molecule has 1 atom stereocenters. The topological polar surface area (TPSA) is 41.5 Å². The SMILES string of the molecule is COc1ccc(CC(C)(CO)Nc2ccc(Br)cc2)cc1. The molecule has 21 heavy (non-hydrogen) atoms. The summed E-state index contributed by atoms with van der Waals surface area (Å²) in [5, 5.41) is 13.2. The van der Waals surface area contributed by atoms with E-state index in [1.165, 1.54) is 0 Å². The van der Waals surface area contributed by atoms with Crippen molar-refractivity contribution in [2.75, 3.05) is 19.0 Å². The first-order chi connectivity index (χ1) is 10.0. The number of halogens is 1. The smallest absolute Gasteiger partial charge is 0.118 e. The maximum Gasteiger partial charge on any atom is 0.118 e. The number of aliphatic hydroxyl groups is 1. The van der Waals surface area contributed by atoms with Crippen LogP contribution in [0.15, 0.2) is 53.0 Å². The lowest BCUT2D eigenvalue weighted by molar-refractivity contribution is 0.222. The van der Waals surface area contributed by atoms with E-state index in [4.69, 9.17) is 4.74 Å². The second kappa shape index (κ2) is 6.96. The van der Waals surface area contributed by atoms with Crippen molar-refractivity contribution < 1.29 is 9.84 Å². The van der Waals surface area contributed by atoms with Crippen molar-refractivity contribution in [2.45, 2.75) is 18.9 Å². The van der Waals surface area contributed by atoms with Crippen molar-refractivity contribution in [2.24, 2.45) is 0 Å². The predicted octanol–water partition coefficient (Wildman–Crippen LogP) is 3.86. The van der Waals surface area contributed by atoms with Crippen molar-refractivity contribution >= 4 is 21.6 Å². The third kappa shape index (κ3) is 4.48. The maximum atomic E-state index is 9.77. The first kappa shape index (κ1) is 15.9. The second-order valence-corrected chi connectivity index (χ2v) is 6.29. The minimum atomic E-state index is -0.414. The summed E-state index contributed by atoms with van der Waals surface area (Å²) in [5.41, 5.74) is 1.72. The first-order valence-electron chi connectivity index (χ1n) is 6.82. The average molecular weight is 350 g/mol. The Morgan fingerprint density at radius 2 is 1.71 bits per heavy atom. The van der Waals surface area contributed by atoms with E-state index in [0.29, 0.717) is 0 Å². The van der Waals surface area contributed by atoms with Gasteiger partial charge in [-0.25, -0.2) is 0 Å². The summed E-state index contributed by atoms with van der Waals surface area (Å²) in [6.45, 7) is 2.06. The van der Waals surface area contributed by atoms with Crippen molar-refractivity contribution in [1.29, 1.82) is 0 Å². The molecule has 0 heterocycles. The van der Waals surface area contributed by atoms with Crippen LogP contribution >= 0.6 is 15.9 Å². The van der Waals surface area contributed by atoms with E-state index in [9.17, 15) is 5.11 Å². The van der Waals surface area contributed by atoms with Crippen LogP contribution in [0.5, 0.6) is 5.75 Å². The number of hydrogen-bond acceptors (Lipinski definition) is 3. The fourth-order valence-corrected chi connectivity index (χ4v) is 2.48. The van der Waals surface area contributed by atoms with Crippen LogP contribution in [0.2, 0.25) is 0 Å². The monoisotopic (exact) mass is 349 g/mol. The number of hydrogen-bond donors (Lipinski definition) is 2. The van der Waals surface area contributed by atoms with Gasteiger partial charge >= 0.3 is 0 Å². The van der Waals surface area contributed by atoms with E-state index in [1.54, 1.807) is 7.11 Å². The molecular weight excluding hydrogens is 330 g/mol. The Balaban J connectivity index is 2.10. The Morgan fingerprint density at radius 1 is 1.10 bits per heavy atom. The summed E-state index contributed by atoms with van der Waals surface area (Å²) in [7, 11) is 1.65. The van der Waals surface area contributed by atoms with Crippen LogP contribution < -0.4 is 10.1 Å². The van der Waals surface area contributed by atoms with E-state index < -0.39 is 5.54 Å². The Labute approximate surface area is 134 Å². The van der Waals surface area contributed by atoms with E-state index in [2.05, 4.69) is 21.2 Å². The Kier molecular flexibility index (Phi) is 5.26. The summed E-state index contributed by atoms with van der Waals surface area (Å²) in [5.74, 6) is 0.838. The summed E-state index contributed by atoms with van der Waals surface area (Å²) >= 11 is 3.42. The van der Waals surface area contributed by atoms with E-state index in [1.807, 2.05) is 55.5 Å². The zero-order chi connectivity index (χ0) is 15.3. The number of rotatable bonds is 6. The third-order valence-corrected chi connectivity index (χ3v) is 3.92. The molecule has 0 amide bonds. The van der Waals surface area contributed by atoms with Gasteiger partial charge in [0.25, 0.3) is 0 Å². The second-order valence-electron chi connectivity index (χ2n) is 5.38. The minimum absolute atomic E-state index is 0.0507. The summed E-state index contributed by atoms with van der Waals surface area (Å²) in [6.07, 6.45) is 0.726. The number of nitrogens with one attached hydrogen (secondary N) is 1. The lowest BCUT2D eigenvalue weighted by atomic mass is 9.93. The molecule has 1 unspecified atom stereocenters. The molecule has 2 N–H and O–H groups in total. The maximum absolute atomic E-state index is 9.77. The van der Waals surface area contributed by atoms with E-state index in [-0.39, 0.29) is 6.61 Å². The van der Waals surface area contributed by atoms with Crippen LogP contribution in [0, 0.1) is 0 Å². The van der Waals surface area contributed by atoms with Crippen molar-refractivity contribution in [3.05, 3.63) is 58.6 Å². The molecule has 0 bridgehead atoms. The van der Waals surface area contributed by atoms with Crippen LogP contribution in [0.25, 0.3) is 0 Å². The highest BCUT2D eigenvalue weighted by atomic mass is 79.9.